The van der Waals surface area contributed by atoms with E-state index in [0.717, 1.165) is 0 Å². The molecule has 1 atom stereocenters. The minimum Gasteiger partial charge on any atom is -0.495 e. The van der Waals surface area contributed by atoms with E-state index in [1.54, 1.807) is 45.0 Å². The molecular weight excluding hydrogens is 352 g/mol. The zero-order valence-corrected chi connectivity index (χ0v) is 16.3. The van der Waals surface area contributed by atoms with Crippen LogP contribution in [0.3, 0.4) is 0 Å². The smallest absolute Gasteiger partial charge is 0.418 e. The van der Waals surface area contributed by atoms with Gasteiger partial charge in [0.15, 0.2) is 17.4 Å². The average Bonchev–Trinajstić information content (AvgIpc) is 2.76. The first-order chi connectivity index (χ1) is 12.4. The molecule has 0 aromatic heterocycles. The van der Waals surface area contributed by atoms with Gasteiger partial charge in [0, 0.05) is 5.41 Å². The molecule has 1 N–H and O–H groups in total. The number of carbonyl (C=O) groups is 4. The molecule has 2 rings (SSSR count). The van der Waals surface area contributed by atoms with Crippen LogP contribution in [0.25, 0.3) is 0 Å². The first-order valence-electron chi connectivity index (χ1n) is 8.45. The van der Waals surface area contributed by atoms with Crippen molar-refractivity contribution in [3.8, 4) is 5.75 Å². The van der Waals surface area contributed by atoms with Crippen LogP contribution in [0.4, 0.5) is 10.5 Å². The average molecular weight is 376 g/mol. The topological polar surface area (TPSA) is 102 Å². The van der Waals surface area contributed by atoms with Crippen molar-refractivity contribution in [1.82, 2.24) is 4.90 Å². The van der Waals surface area contributed by atoms with Crippen molar-refractivity contribution < 1.29 is 28.7 Å². The van der Waals surface area contributed by atoms with Crippen LogP contribution in [0, 0.1) is 5.41 Å². The minimum absolute atomic E-state index is 0.316. The fourth-order valence-electron chi connectivity index (χ4n) is 2.62. The van der Waals surface area contributed by atoms with E-state index in [1.807, 2.05) is 0 Å². The van der Waals surface area contributed by atoms with E-state index in [2.05, 4.69) is 5.32 Å². The standard InChI is InChI=1S/C19H24N2O6/c1-18(2,3)14(22)13(21-16(24)19(4,5)27-17(21)25)15(23)20-11-9-7-8-10-12(11)26-6/h7-10,13H,1-6H3,(H,20,23). The summed E-state index contributed by atoms with van der Waals surface area (Å²) in [6.07, 6.45) is -1.03. The number of hydrogen-bond acceptors (Lipinski definition) is 6. The highest BCUT2D eigenvalue weighted by molar-refractivity contribution is 6.18. The molecule has 8 heteroatoms. The Hall–Kier alpha value is -2.90. The number of amides is 3. The van der Waals surface area contributed by atoms with Gasteiger partial charge in [0.2, 0.25) is 0 Å². The number of ether oxygens (including phenoxy) is 2. The van der Waals surface area contributed by atoms with E-state index in [0.29, 0.717) is 16.3 Å². The number of Topliss-reactive ketones (excluding diaryl/α,β-unsaturated/α-hetero) is 1. The number of methoxy groups -OCH3 is 1. The lowest BCUT2D eigenvalue weighted by molar-refractivity contribution is -0.145. The maximum Gasteiger partial charge on any atom is 0.418 e. The molecule has 1 saturated heterocycles. The Kier molecular flexibility index (Phi) is 5.30. The van der Waals surface area contributed by atoms with Crippen LogP contribution >= 0.6 is 0 Å². The van der Waals surface area contributed by atoms with Crippen molar-refractivity contribution in [2.75, 3.05) is 12.4 Å². The Morgan fingerprint density at radius 2 is 1.78 bits per heavy atom. The van der Waals surface area contributed by atoms with Gasteiger partial charge in [-0.2, -0.15) is 0 Å². The summed E-state index contributed by atoms with van der Waals surface area (Å²) in [5.74, 6) is -1.77. The molecular formula is C19H24N2O6. The molecule has 27 heavy (non-hydrogen) atoms. The van der Waals surface area contributed by atoms with Crippen molar-refractivity contribution in [2.24, 2.45) is 5.41 Å². The first kappa shape index (κ1) is 20.4. The van der Waals surface area contributed by atoms with Crippen LogP contribution in [0.5, 0.6) is 5.75 Å². The number of imide groups is 1. The predicted octanol–water partition coefficient (Wildman–Crippen LogP) is 2.37. The highest BCUT2D eigenvalue weighted by atomic mass is 16.6. The number of nitrogens with one attached hydrogen (secondary N) is 1. The van der Waals surface area contributed by atoms with Gasteiger partial charge < -0.3 is 14.8 Å². The largest absolute Gasteiger partial charge is 0.495 e. The fraction of sp³-hybridized carbons (Fsp3) is 0.474. The van der Waals surface area contributed by atoms with Crippen LogP contribution in [0.2, 0.25) is 0 Å². The van der Waals surface area contributed by atoms with Crippen LogP contribution in [0.15, 0.2) is 24.3 Å². The van der Waals surface area contributed by atoms with Gasteiger partial charge in [-0.1, -0.05) is 32.9 Å². The quantitative estimate of drug-likeness (QED) is 0.792. The SMILES string of the molecule is COc1ccccc1NC(=O)C(C(=O)C(C)(C)C)N1C(=O)OC(C)(C)C1=O. The summed E-state index contributed by atoms with van der Waals surface area (Å²) in [6.45, 7) is 7.63. The number of rotatable bonds is 5. The van der Waals surface area contributed by atoms with Crippen LogP contribution in [-0.4, -0.2) is 47.3 Å². The molecule has 0 aliphatic carbocycles. The van der Waals surface area contributed by atoms with Crippen molar-refractivity contribution in [3.05, 3.63) is 24.3 Å². The summed E-state index contributed by atoms with van der Waals surface area (Å²) in [4.78, 5) is 51.4. The van der Waals surface area contributed by atoms with Gasteiger partial charge in [0.05, 0.1) is 12.8 Å². The van der Waals surface area contributed by atoms with Crippen LogP contribution < -0.4 is 10.1 Å². The number of carbonyl (C=O) groups excluding carboxylic acids is 4. The molecule has 0 radical (unpaired) electrons. The molecule has 3 amide bonds. The molecule has 1 aromatic carbocycles. The van der Waals surface area contributed by atoms with E-state index >= 15 is 0 Å². The minimum atomic E-state index is -1.66. The lowest BCUT2D eigenvalue weighted by Crippen LogP contribution is -2.55. The zero-order valence-electron chi connectivity index (χ0n) is 16.3. The van der Waals surface area contributed by atoms with Gasteiger partial charge in [0.25, 0.3) is 11.8 Å². The van der Waals surface area contributed by atoms with E-state index in [-0.39, 0.29) is 0 Å². The molecule has 1 aromatic rings. The number of anilines is 1. The third-order valence-electron chi connectivity index (χ3n) is 4.13. The molecule has 0 bridgehead atoms. The molecule has 0 saturated carbocycles. The number of nitrogens with zero attached hydrogens (tertiary/aromatic N) is 1. The molecule has 0 spiro atoms. The Morgan fingerprint density at radius 3 is 2.26 bits per heavy atom. The molecule has 1 aliphatic rings. The number of benzene rings is 1. The van der Waals surface area contributed by atoms with Crippen molar-refractivity contribution in [2.45, 2.75) is 46.3 Å². The molecule has 1 aliphatic heterocycles. The molecule has 8 nitrogen and oxygen atoms in total. The van der Waals surface area contributed by atoms with Gasteiger partial charge in [-0.3, -0.25) is 14.4 Å². The predicted molar refractivity (Wildman–Crippen MR) is 97.3 cm³/mol. The third-order valence-corrected chi connectivity index (χ3v) is 4.13. The molecule has 1 unspecified atom stereocenters. The van der Waals surface area contributed by atoms with Gasteiger partial charge in [-0.05, 0) is 26.0 Å². The molecule has 146 valence electrons. The zero-order chi connectivity index (χ0) is 20.6. The summed E-state index contributed by atoms with van der Waals surface area (Å²) < 4.78 is 10.2. The van der Waals surface area contributed by atoms with E-state index < -0.39 is 40.7 Å². The van der Waals surface area contributed by atoms with E-state index in [4.69, 9.17) is 9.47 Å². The number of cyclic esters (lactones) is 1. The van der Waals surface area contributed by atoms with Gasteiger partial charge >= 0.3 is 6.09 Å². The Balaban J connectivity index is 2.45. The highest BCUT2D eigenvalue weighted by Gasteiger charge is 2.55. The lowest BCUT2D eigenvalue weighted by Gasteiger charge is -2.28. The molecule has 1 fully saturated rings. The van der Waals surface area contributed by atoms with E-state index in [9.17, 15) is 19.2 Å². The Morgan fingerprint density at radius 1 is 1.19 bits per heavy atom. The summed E-state index contributed by atoms with van der Waals surface area (Å²) in [5, 5.41) is 2.57. The number of ketones is 1. The van der Waals surface area contributed by atoms with E-state index in [1.165, 1.54) is 21.0 Å². The van der Waals surface area contributed by atoms with Gasteiger partial charge in [-0.15, -0.1) is 0 Å². The second kappa shape index (κ2) is 7.02. The lowest BCUT2D eigenvalue weighted by atomic mass is 9.85. The Labute approximate surface area is 157 Å². The summed E-state index contributed by atoms with van der Waals surface area (Å²) in [6, 6.07) is 4.96. The van der Waals surface area contributed by atoms with Gasteiger partial charge in [-0.25, -0.2) is 9.69 Å². The normalized spacial score (nSPS) is 17.3. The second-order valence-electron chi connectivity index (χ2n) is 7.76. The van der Waals surface area contributed by atoms with Crippen LogP contribution in [-0.2, 0) is 19.1 Å². The summed E-state index contributed by atoms with van der Waals surface area (Å²) in [5.41, 5.74) is -2.11. The Bertz CT molecular complexity index is 794. The number of para-hydroxylation sites is 2. The monoisotopic (exact) mass is 376 g/mol. The van der Waals surface area contributed by atoms with Crippen molar-refractivity contribution in [3.63, 3.8) is 0 Å². The summed E-state index contributed by atoms with van der Waals surface area (Å²) in [7, 11) is 1.44. The second-order valence-corrected chi connectivity index (χ2v) is 7.76. The van der Waals surface area contributed by atoms with Crippen LogP contribution in [0.1, 0.15) is 34.6 Å². The van der Waals surface area contributed by atoms with Gasteiger partial charge in [0.1, 0.15) is 5.75 Å². The maximum atomic E-state index is 13.0. The summed E-state index contributed by atoms with van der Waals surface area (Å²) >= 11 is 0. The molecule has 1 heterocycles. The fourth-order valence-corrected chi connectivity index (χ4v) is 2.62. The highest BCUT2D eigenvalue weighted by Crippen LogP contribution is 2.30. The number of hydrogen-bond donors (Lipinski definition) is 1. The maximum absolute atomic E-state index is 13.0. The first-order valence-corrected chi connectivity index (χ1v) is 8.45. The van der Waals surface area contributed by atoms with Crippen molar-refractivity contribution in [1.29, 1.82) is 0 Å². The van der Waals surface area contributed by atoms with Crippen molar-refractivity contribution >= 4 is 29.4 Å². The third kappa shape index (κ3) is 3.94.